The van der Waals surface area contributed by atoms with Gasteiger partial charge in [-0.1, -0.05) is 0 Å². The first-order chi connectivity index (χ1) is 8.27. The summed E-state index contributed by atoms with van der Waals surface area (Å²) in [5, 5.41) is 9.54. The highest BCUT2D eigenvalue weighted by molar-refractivity contribution is 7.99. The fourth-order valence-electron chi connectivity index (χ4n) is 1.69. The molecule has 1 aromatic heterocycles. The van der Waals surface area contributed by atoms with Crippen LogP contribution in [0, 0.1) is 0 Å². The number of ether oxygens (including phenoxy) is 1. The molecule has 17 heavy (non-hydrogen) atoms. The Bertz CT molecular complexity index is 394. The molecule has 1 fully saturated rings. The van der Waals surface area contributed by atoms with Crippen LogP contribution in [0.2, 0.25) is 0 Å². The molecule has 92 valence electrons. The first-order valence-electron chi connectivity index (χ1n) is 5.49. The minimum Gasteiger partial charge on any atom is -0.478 e. The number of hydrogen-bond donors (Lipinski definition) is 1. The van der Waals surface area contributed by atoms with Gasteiger partial charge in [0.15, 0.2) is 0 Å². The molecule has 0 bridgehead atoms. The average Bonchev–Trinajstić information content (AvgIpc) is 2.38. The van der Waals surface area contributed by atoms with Crippen LogP contribution in [-0.2, 0) is 10.5 Å². The molecule has 0 aliphatic carbocycles. The van der Waals surface area contributed by atoms with Gasteiger partial charge in [0.1, 0.15) is 11.9 Å². The zero-order valence-electron chi connectivity index (χ0n) is 9.33. The molecule has 1 N–H and O–H groups in total. The van der Waals surface area contributed by atoms with Gasteiger partial charge in [0.25, 0.3) is 0 Å². The average molecular weight is 254 g/mol. The van der Waals surface area contributed by atoms with Gasteiger partial charge >= 0.3 is 5.97 Å². The minimum absolute atomic E-state index is 0.201. The number of aromatic carboxylic acids is 1. The normalized spacial score (nSPS) is 16.9. The first-order valence-corrected chi connectivity index (χ1v) is 6.54. The maximum atomic E-state index is 11.0. The number of aromatic nitrogens is 2. The first kappa shape index (κ1) is 12.3. The number of carboxylic acid groups (broad SMARTS) is 1. The summed E-state index contributed by atoms with van der Waals surface area (Å²) in [6.45, 7) is 1.60. The summed E-state index contributed by atoms with van der Waals surface area (Å²) in [6, 6.07) is 0. The maximum absolute atomic E-state index is 11.0. The molecular weight excluding hydrogens is 240 g/mol. The number of hydrogen-bond acceptors (Lipinski definition) is 5. The van der Waals surface area contributed by atoms with E-state index in [9.17, 15) is 4.79 Å². The fraction of sp³-hybridized carbons (Fsp3) is 0.545. The fourth-order valence-corrected chi connectivity index (χ4v) is 2.84. The summed E-state index contributed by atoms with van der Waals surface area (Å²) in [5.74, 6) is -0.345. The Hall–Kier alpha value is -1.14. The summed E-state index contributed by atoms with van der Waals surface area (Å²) in [6.07, 6.45) is 4.80. The summed E-state index contributed by atoms with van der Waals surface area (Å²) in [5.41, 5.74) is 0.802. The number of nitrogens with zero attached hydrogens (tertiary/aromatic N) is 2. The van der Waals surface area contributed by atoms with Crippen LogP contribution >= 0.6 is 11.8 Å². The van der Waals surface area contributed by atoms with Crippen molar-refractivity contribution < 1.29 is 14.6 Å². The molecule has 1 aromatic rings. The Labute approximate surface area is 104 Å². The third kappa shape index (κ3) is 3.41. The number of carbonyl (C=O) groups is 1. The van der Waals surface area contributed by atoms with E-state index in [4.69, 9.17) is 9.84 Å². The van der Waals surface area contributed by atoms with Crippen molar-refractivity contribution in [2.24, 2.45) is 0 Å². The Morgan fingerprint density at radius 3 is 3.00 bits per heavy atom. The second kappa shape index (κ2) is 5.97. The third-order valence-corrected chi connectivity index (χ3v) is 4.03. The zero-order valence-corrected chi connectivity index (χ0v) is 10.2. The van der Waals surface area contributed by atoms with Crippen molar-refractivity contribution >= 4 is 17.7 Å². The predicted molar refractivity (Wildman–Crippen MR) is 64.1 cm³/mol. The van der Waals surface area contributed by atoms with Gasteiger partial charge in [-0.25, -0.2) is 14.8 Å². The Kier molecular flexibility index (Phi) is 4.33. The quantitative estimate of drug-likeness (QED) is 0.879. The lowest BCUT2D eigenvalue weighted by atomic mass is 10.2. The van der Waals surface area contributed by atoms with Crippen molar-refractivity contribution in [2.45, 2.75) is 23.8 Å². The number of rotatable bonds is 4. The van der Waals surface area contributed by atoms with Gasteiger partial charge in [0.05, 0.1) is 5.69 Å². The lowest BCUT2D eigenvalue weighted by molar-refractivity contribution is 0.0695. The van der Waals surface area contributed by atoms with Crippen LogP contribution in [0.1, 0.15) is 28.9 Å². The molecule has 5 nitrogen and oxygen atoms in total. The maximum Gasteiger partial charge on any atom is 0.339 e. The summed E-state index contributed by atoms with van der Waals surface area (Å²) >= 11 is 1.75. The highest BCUT2D eigenvalue weighted by atomic mass is 32.2. The summed E-state index contributed by atoms with van der Waals surface area (Å²) in [4.78, 5) is 18.7. The van der Waals surface area contributed by atoms with Gasteiger partial charge in [0, 0.05) is 30.4 Å². The Morgan fingerprint density at radius 1 is 1.53 bits per heavy atom. The smallest absolute Gasteiger partial charge is 0.339 e. The molecule has 1 aliphatic heterocycles. The molecule has 0 aromatic carbocycles. The Balaban J connectivity index is 1.96. The molecule has 2 heterocycles. The standard InChI is InChI=1S/C11H14N2O3S/c14-11(15)9-5-12-7-13-10(9)6-17-8-1-3-16-4-2-8/h5,7-8H,1-4,6H2,(H,14,15). The Morgan fingerprint density at radius 2 is 2.29 bits per heavy atom. The van der Waals surface area contributed by atoms with Crippen LogP contribution in [0.3, 0.4) is 0 Å². The molecule has 2 rings (SSSR count). The van der Waals surface area contributed by atoms with Crippen LogP contribution < -0.4 is 0 Å². The van der Waals surface area contributed by atoms with E-state index in [1.165, 1.54) is 12.5 Å². The van der Waals surface area contributed by atoms with Crippen molar-refractivity contribution in [1.82, 2.24) is 9.97 Å². The zero-order chi connectivity index (χ0) is 12.1. The van der Waals surface area contributed by atoms with Gasteiger partial charge in [-0.15, -0.1) is 0 Å². The van der Waals surface area contributed by atoms with E-state index in [1.54, 1.807) is 11.8 Å². The summed E-state index contributed by atoms with van der Waals surface area (Å²) < 4.78 is 5.28. The third-order valence-electron chi connectivity index (χ3n) is 2.65. The second-order valence-corrected chi connectivity index (χ2v) is 5.10. The largest absolute Gasteiger partial charge is 0.478 e. The van der Waals surface area contributed by atoms with Gasteiger partial charge < -0.3 is 9.84 Å². The van der Waals surface area contributed by atoms with Crippen molar-refractivity contribution in [3.05, 3.63) is 23.8 Å². The topological polar surface area (TPSA) is 72.3 Å². The molecule has 0 atom stereocenters. The lowest BCUT2D eigenvalue weighted by Gasteiger charge is -2.21. The van der Waals surface area contributed by atoms with E-state index in [-0.39, 0.29) is 5.56 Å². The second-order valence-electron chi connectivity index (χ2n) is 3.81. The van der Waals surface area contributed by atoms with Gasteiger partial charge in [-0.3, -0.25) is 0 Å². The van der Waals surface area contributed by atoms with E-state index in [0.29, 0.717) is 16.7 Å². The van der Waals surface area contributed by atoms with Gasteiger partial charge in [0.2, 0.25) is 0 Å². The van der Waals surface area contributed by atoms with E-state index in [1.807, 2.05) is 0 Å². The molecule has 1 saturated heterocycles. The predicted octanol–water partition coefficient (Wildman–Crippen LogP) is 1.59. The van der Waals surface area contributed by atoms with Crippen LogP contribution in [0.5, 0.6) is 0 Å². The molecule has 0 amide bonds. The SMILES string of the molecule is O=C(O)c1cncnc1CSC1CCOCC1. The van der Waals surface area contributed by atoms with Crippen molar-refractivity contribution in [3.8, 4) is 0 Å². The molecular formula is C11H14N2O3S. The molecule has 0 unspecified atom stereocenters. The van der Waals surface area contributed by atoms with E-state index in [2.05, 4.69) is 9.97 Å². The van der Waals surface area contributed by atoms with Crippen molar-refractivity contribution in [3.63, 3.8) is 0 Å². The van der Waals surface area contributed by atoms with Crippen molar-refractivity contribution in [2.75, 3.05) is 13.2 Å². The molecule has 0 radical (unpaired) electrons. The summed E-state index contributed by atoms with van der Waals surface area (Å²) in [7, 11) is 0. The number of thioether (sulfide) groups is 1. The lowest BCUT2D eigenvalue weighted by Crippen LogP contribution is -2.18. The number of carboxylic acids is 1. The van der Waals surface area contributed by atoms with Gasteiger partial charge in [-0.05, 0) is 12.8 Å². The monoisotopic (exact) mass is 254 g/mol. The van der Waals surface area contributed by atoms with Crippen LogP contribution in [0.15, 0.2) is 12.5 Å². The van der Waals surface area contributed by atoms with Crippen molar-refractivity contribution in [1.29, 1.82) is 0 Å². The van der Waals surface area contributed by atoms with E-state index < -0.39 is 5.97 Å². The highest BCUT2D eigenvalue weighted by Gasteiger charge is 2.17. The highest BCUT2D eigenvalue weighted by Crippen LogP contribution is 2.25. The van der Waals surface area contributed by atoms with Crippen LogP contribution in [-0.4, -0.2) is 39.5 Å². The molecule has 6 heteroatoms. The van der Waals surface area contributed by atoms with E-state index >= 15 is 0 Å². The van der Waals surface area contributed by atoms with E-state index in [0.717, 1.165) is 26.1 Å². The van der Waals surface area contributed by atoms with Gasteiger partial charge in [-0.2, -0.15) is 11.8 Å². The molecule has 0 spiro atoms. The van der Waals surface area contributed by atoms with Crippen LogP contribution in [0.25, 0.3) is 0 Å². The van der Waals surface area contributed by atoms with Crippen LogP contribution in [0.4, 0.5) is 0 Å². The molecule has 0 saturated carbocycles. The minimum atomic E-state index is -0.965. The molecule has 1 aliphatic rings.